The Bertz CT molecular complexity index is 833. The highest BCUT2D eigenvalue weighted by atomic mass is 79.9. The van der Waals surface area contributed by atoms with Crippen LogP contribution >= 0.6 is 15.9 Å². The summed E-state index contributed by atoms with van der Waals surface area (Å²) in [5, 5.41) is 7.69. The van der Waals surface area contributed by atoms with Gasteiger partial charge in [0.25, 0.3) is 5.89 Å². The van der Waals surface area contributed by atoms with Crippen molar-refractivity contribution in [3.8, 4) is 11.5 Å². The molecule has 0 saturated carbocycles. The zero-order chi connectivity index (χ0) is 16.2. The quantitative estimate of drug-likeness (QED) is 0.644. The molecule has 0 aliphatic rings. The average Bonchev–Trinajstić information content (AvgIpc) is 3.03. The molecular formula is C16H10BrFN2O3. The Morgan fingerprint density at radius 1 is 1.13 bits per heavy atom. The van der Waals surface area contributed by atoms with E-state index in [0.717, 1.165) is 10.0 Å². The molecule has 0 fully saturated rings. The second-order valence-corrected chi connectivity index (χ2v) is 5.48. The molecule has 0 radical (unpaired) electrons. The molecule has 5 nitrogen and oxygen atoms in total. The Morgan fingerprint density at radius 3 is 2.61 bits per heavy atom. The minimum atomic E-state index is -0.786. The summed E-state index contributed by atoms with van der Waals surface area (Å²) < 4.78 is 24.8. The van der Waals surface area contributed by atoms with Crippen molar-refractivity contribution in [1.29, 1.82) is 0 Å². The molecule has 3 rings (SSSR count). The number of aromatic nitrogens is 2. The molecule has 0 N–H and O–H groups in total. The van der Waals surface area contributed by atoms with Crippen molar-refractivity contribution in [1.82, 2.24) is 10.2 Å². The number of hydrogen-bond donors (Lipinski definition) is 0. The summed E-state index contributed by atoms with van der Waals surface area (Å²) >= 11 is 3.34. The van der Waals surface area contributed by atoms with Gasteiger partial charge in [0, 0.05) is 10.0 Å². The minimum Gasteiger partial charge on any atom is -0.452 e. The highest BCUT2D eigenvalue weighted by Crippen LogP contribution is 2.20. The first-order valence-electron chi connectivity index (χ1n) is 6.63. The first-order chi connectivity index (χ1) is 11.1. The van der Waals surface area contributed by atoms with E-state index in [1.54, 1.807) is 6.07 Å². The molecule has 2 aromatic carbocycles. The molecule has 7 heteroatoms. The first kappa shape index (κ1) is 15.4. The molecule has 3 aromatic rings. The van der Waals surface area contributed by atoms with Crippen LogP contribution in [0.4, 0.5) is 4.39 Å². The third-order valence-electron chi connectivity index (χ3n) is 2.98. The van der Waals surface area contributed by atoms with Gasteiger partial charge in [0.05, 0.1) is 5.56 Å². The fourth-order valence-corrected chi connectivity index (χ4v) is 2.12. The maximum absolute atomic E-state index is 13.5. The highest BCUT2D eigenvalue weighted by Gasteiger charge is 2.15. The average molecular weight is 377 g/mol. The van der Waals surface area contributed by atoms with Crippen molar-refractivity contribution < 1.29 is 18.3 Å². The van der Waals surface area contributed by atoms with Crippen LogP contribution in [0.15, 0.2) is 57.4 Å². The number of carbonyl (C=O) groups is 1. The van der Waals surface area contributed by atoms with Crippen LogP contribution < -0.4 is 0 Å². The fraction of sp³-hybridized carbons (Fsp3) is 0.0625. The number of esters is 1. The number of rotatable bonds is 4. The van der Waals surface area contributed by atoms with Gasteiger partial charge in [0.2, 0.25) is 5.89 Å². The molecular weight excluding hydrogens is 367 g/mol. The van der Waals surface area contributed by atoms with Crippen molar-refractivity contribution in [2.75, 3.05) is 0 Å². The molecule has 0 spiro atoms. The Hall–Kier alpha value is -2.54. The zero-order valence-electron chi connectivity index (χ0n) is 11.7. The summed E-state index contributed by atoms with van der Waals surface area (Å²) in [6.45, 7) is -0.226. The number of benzene rings is 2. The van der Waals surface area contributed by atoms with Gasteiger partial charge in [-0.1, -0.05) is 28.1 Å². The molecule has 0 amide bonds. The summed E-state index contributed by atoms with van der Waals surface area (Å²) in [5.74, 6) is -0.980. The lowest BCUT2D eigenvalue weighted by Gasteiger charge is -2.02. The lowest BCUT2D eigenvalue weighted by atomic mass is 10.2. The van der Waals surface area contributed by atoms with E-state index in [2.05, 4.69) is 26.1 Å². The molecule has 0 unspecified atom stereocenters. The van der Waals surface area contributed by atoms with Crippen molar-refractivity contribution >= 4 is 21.9 Å². The van der Waals surface area contributed by atoms with Gasteiger partial charge in [-0.2, -0.15) is 0 Å². The topological polar surface area (TPSA) is 65.2 Å². The Labute approximate surface area is 139 Å². The minimum absolute atomic E-state index is 0.132. The molecule has 116 valence electrons. The molecule has 0 aliphatic carbocycles. The smallest absolute Gasteiger partial charge is 0.341 e. The van der Waals surface area contributed by atoms with Gasteiger partial charge in [-0.3, -0.25) is 0 Å². The van der Waals surface area contributed by atoms with E-state index in [1.807, 2.05) is 24.3 Å². The van der Waals surface area contributed by atoms with E-state index in [0.29, 0.717) is 5.89 Å². The van der Waals surface area contributed by atoms with Gasteiger partial charge in [-0.05, 0) is 36.4 Å². The molecule has 0 bridgehead atoms. The van der Waals surface area contributed by atoms with Crippen LogP contribution in [0.25, 0.3) is 11.5 Å². The molecule has 1 heterocycles. The van der Waals surface area contributed by atoms with Crippen molar-refractivity contribution in [3.05, 3.63) is 70.3 Å². The van der Waals surface area contributed by atoms with Crippen LogP contribution in [0.2, 0.25) is 0 Å². The first-order valence-corrected chi connectivity index (χ1v) is 7.43. The molecule has 23 heavy (non-hydrogen) atoms. The summed E-state index contributed by atoms with van der Waals surface area (Å²) in [5.41, 5.74) is 0.604. The Balaban J connectivity index is 1.67. The largest absolute Gasteiger partial charge is 0.452 e. The molecule has 0 aliphatic heterocycles. The summed E-state index contributed by atoms with van der Waals surface area (Å²) in [4.78, 5) is 11.8. The molecule has 0 atom stereocenters. The molecule has 0 saturated heterocycles. The Morgan fingerprint density at radius 2 is 1.87 bits per heavy atom. The summed E-state index contributed by atoms with van der Waals surface area (Å²) in [7, 11) is 0. The van der Waals surface area contributed by atoms with Crippen LogP contribution in [0.5, 0.6) is 0 Å². The van der Waals surface area contributed by atoms with E-state index in [1.165, 1.54) is 18.2 Å². The van der Waals surface area contributed by atoms with Crippen LogP contribution in [0.1, 0.15) is 16.2 Å². The number of halogens is 2. The van der Waals surface area contributed by atoms with Gasteiger partial charge in [0.15, 0.2) is 6.61 Å². The summed E-state index contributed by atoms with van der Waals surface area (Å²) in [6, 6.07) is 12.9. The van der Waals surface area contributed by atoms with Crippen LogP contribution in [0.3, 0.4) is 0 Å². The Kier molecular flexibility index (Phi) is 4.47. The third-order valence-corrected chi connectivity index (χ3v) is 3.51. The second kappa shape index (κ2) is 6.70. The van der Waals surface area contributed by atoms with Gasteiger partial charge in [-0.25, -0.2) is 9.18 Å². The SMILES string of the molecule is O=C(OCc1nnc(-c2ccc(Br)cc2)o1)c1ccccc1F. The van der Waals surface area contributed by atoms with E-state index in [9.17, 15) is 9.18 Å². The number of ether oxygens (including phenoxy) is 1. The van der Waals surface area contributed by atoms with Crippen LogP contribution in [-0.2, 0) is 11.3 Å². The second-order valence-electron chi connectivity index (χ2n) is 4.56. The van der Waals surface area contributed by atoms with Crippen LogP contribution in [0, 0.1) is 5.82 Å². The standard InChI is InChI=1S/C16H10BrFN2O3/c17-11-7-5-10(6-8-11)15-20-19-14(23-15)9-22-16(21)12-3-1-2-4-13(12)18/h1-8H,9H2. The lowest BCUT2D eigenvalue weighted by molar-refractivity contribution is 0.0433. The van der Waals surface area contributed by atoms with Gasteiger partial charge < -0.3 is 9.15 Å². The maximum atomic E-state index is 13.5. The van der Waals surface area contributed by atoms with Gasteiger partial charge in [-0.15, -0.1) is 10.2 Å². The fourth-order valence-electron chi connectivity index (χ4n) is 1.85. The number of nitrogens with zero attached hydrogens (tertiary/aromatic N) is 2. The predicted octanol–water partition coefficient (Wildman–Crippen LogP) is 4.00. The monoisotopic (exact) mass is 376 g/mol. The van der Waals surface area contributed by atoms with E-state index < -0.39 is 11.8 Å². The number of hydrogen-bond acceptors (Lipinski definition) is 5. The predicted molar refractivity (Wildman–Crippen MR) is 83.0 cm³/mol. The van der Waals surface area contributed by atoms with Crippen molar-refractivity contribution in [3.63, 3.8) is 0 Å². The normalized spacial score (nSPS) is 10.5. The maximum Gasteiger partial charge on any atom is 0.341 e. The third kappa shape index (κ3) is 3.62. The van der Waals surface area contributed by atoms with E-state index in [4.69, 9.17) is 9.15 Å². The summed E-state index contributed by atoms with van der Waals surface area (Å²) in [6.07, 6.45) is 0. The highest BCUT2D eigenvalue weighted by molar-refractivity contribution is 9.10. The van der Waals surface area contributed by atoms with Crippen LogP contribution in [-0.4, -0.2) is 16.2 Å². The van der Waals surface area contributed by atoms with E-state index >= 15 is 0 Å². The number of carbonyl (C=O) groups excluding carboxylic acids is 1. The zero-order valence-corrected chi connectivity index (χ0v) is 13.3. The van der Waals surface area contributed by atoms with Crippen molar-refractivity contribution in [2.45, 2.75) is 6.61 Å². The van der Waals surface area contributed by atoms with E-state index in [-0.39, 0.29) is 18.1 Å². The van der Waals surface area contributed by atoms with Gasteiger partial charge >= 0.3 is 5.97 Å². The van der Waals surface area contributed by atoms with Crippen molar-refractivity contribution in [2.24, 2.45) is 0 Å². The molecule has 1 aromatic heterocycles. The van der Waals surface area contributed by atoms with Gasteiger partial charge in [0.1, 0.15) is 5.82 Å². The lowest BCUT2D eigenvalue weighted by Crippen LogP contribution is -2.07.